The van der Waals surface area contributed by atoms with Gasteiger partial charge in [0.25, 0.3) is 0 Å². The van der Waals surface area contributed by atoms with Gasteiger partial charge in [0, 0.05) is 52.2 Å². The van der Waals surface area contributed by atoms with Crippen molar-refractivity contribution in [1.82, 2.24) is 20.4 Å². The van der Waals surface area contributed by atoms with E-state index >= 15 is 0 Å². The molecule has 1 aromatic heterocycles. The summed E-state index contributed by atoms with van der Waals surface area (Å²) >= 11 is 0. The van der Waals surface area contributed by atoms with E-state index in [9.17, 15) is 0 Å². The Labute approximate surface area is 161 Å². The molecule has 1 aromatic carbocycles. The Kier molecular flexibility index (Phi) is 5.50. The minimum absolute atomic E-state index is 0.507. The first kappa shape index (κ1) is 18.1. The lowest BCUT2D eigenvalue weighted by atomic mass is 10.1. The maximum atomic E-state index is 4.64. The lowest BCUT2D eigenvalue weighted by molar-refractivity contribution is 0.343. The Balaban J connectivity index is 1.54. The quantitative estimate of drug-likeness (QED) is 0.750. The standard InChI is InChI=1S/C20H31N7/c1-21-19-13-17(26-11-9-23-10-12-26)3-4-20(19)25(2)18-14-24-27(15-18)16-5-7-22-8-6-16/h3-4,13-16,21-23H,5-12H2,1-2H3. The third-order valence-corrected chi connectivity index (χ3v) is 5.75. The van der Waals surface area contributed by atoms with E-state index < -0.39 is 0 Å². The Morgan fingerprint density at radius 2 is 1.85 bits per heavy atom. The number of piperazine rings is 1. The van der Waals surface area contributed by atoms with Crippen LogP contribution in [0, 0.1) is 0 Å². The van der Waals surface area contributed by atoms with Crippen molar-refractivity contribution in [2.75, 3.05) is 68.5 Å². The van der Waals surface area contributed by atoms with Gasteiger partial charge in [-0.15, -0.1) is 0 Å². The smallest absolute Gasteiger partial charge is 0.0794 e. The summed E-state index contributed by atoms with van der Waals surface area (Å²) in [6, 6.07) is 7.21. The number of anilines is 4. The van der Waals surface area contributed by atoms with Crippen molar-refractivity contribution in [3.63, 3.8) is 0 Å². The highest BCUT2D eigenvalue weighted by molar-refractivity contribution is 5.79. The lowest BCUT2D eigenvalue weighted by Gasteiger charge is -2.31. The monoisotopic (exact) mass is 369 g/mol. The molecule has 2 aliphatic heterocycles. The van der Waals surface area contributed by atoms with E-state index in [-0.39, 0.29) is 0 Å². The van der Waals surface area contributed by atoms with Gasteiger partial charge in [0.2, 0.25) is 0 Å². The number of rotatable bonds is 5. The molecular formula is C20H31N7. The number of nitrogens with one attached hydrogen (secondary N) is 3. The van der Waals surface area contributed by atoms with E-state index in [0.717, 1.165) is 63.5 Å². The maximum absolute atomic E-state index is 4.64. The molecule has 0 radical (unpaired) electrons. The highest BCUT2D eigenvalue weighted by Gasteiger charge is 2.18. The molecule has 27 heavy (non-hydrogen) atoms. The van der Waals surface area contributed by atoms with Crippen LogP contribution in [0.5, 0.6) is 0 Å². The molecule has 0 saturated carbocycles. The largest absolute Gasteiger partial charge is 0.386 e. The normalized spacial score (nSPS) is 18.5. The third kappa shape index (κ3) is 3.89. The fourth-order valence-electron chi connectivity index (χ4n) is 4.05. The Bertz CT molecular complexity index is 745. The molecule has 0 spiro atoms. The fourth-order valence-corrected chi connectivity index (χ4v) is 4.05. The second kappa shape index (κ2) is 8.19. The van der Waals surface area contributed by atoms with Crippen LogP contribution in [0.1, 0.15) is 18.9 Å². The minimum atomic E-state index is 0.507. The molecule has 0 amide bonds. The Morgan fingerprint density at radius 3 is 2.59 bits per heavy atom. The molecule has 2 aromatic rings. The summed E-state index contributed by atoms with van der Waals surface area (Å²) in [7, 11) is 4.11. The van der Waals surface area contributed by atoms with Crippen molar-refractivity contribution in [2.45, 2.75) is 18.9 Å². The van der Waals surface area contributed by atoms with Gasteiger partial charge < -0.3 is 25.8 Å². The van der Waals surface area contributed by atoms with Gasteiger partial charge in [0.05, 0.1) is 29.3 Å². The molecule has 4 rings (SSSR count). The van der Waals surface area contributed by atoms with Crippen molar-refractivity contribution in [3.05, 3.63) is 30.6 Å². The average molecular weight is 370 g/mol. The number of piperidine rings is 1. The fraction of sp³-hybridized carbons (Fsp3) is 0.550. The second-order valence-electron chi connectivity index (χ2n) is 7.41. The van der Waals surface area contributed by atoms with Gasteiger partial charge >= 0.3 is 0 Å². The van der Waals surface area contributed by atoms with Crippen LogP contribution in [0.25, 0.3) is 0 Å². The van der Waals surface area contributed by atoms with E-state index in [2.05, 4.69) is 67.0 Å². The van der Waals surface area contributed by atoms with Crippen molar-refractivity contribution >= 4 is 22.7 Å². The Hall–Kier alpha value is -2.25. The SMILES string of the molecule is CNc1cc(N2CCNCC2)ccc1N(C)c1cnn(C2CCNCC2)c1. The molecule has 2 aliphatic rings. The van der Waals surface area contributed by atoms with Crippen LogP contribution in [0.15, 0.2) is 30.6 Å². The Morgan fingerprint density at radius 1 is 1.11 bits per heavy atom. The van der Waals surface area contributed by atoms with Crippen LogP contribution in [0.3, 0.4) is 0 Å². The molecule has 2 saturated heterocycles. The molecule has 2 fully saturated rings. The summed E-state index contributed by atoms with van der Waals surface area (Å²) in [5, 5.41) is 14.9. The summed E-state index contributed by atoms with van der Waals surface area (Å²) in [5.74, 6) is 0. The molecular weight excluding hydrogens is 338 g/mol. The van der Waals surface area contributed by atoms with Crippen LogP contribution in [-0.4, -0.2) is 63.1 Å². The molecule has 7 nitrogen and oxygen atoms in total. The summed E-state index contributed by atoms with van der Waals surface area (Å²) in [6.07, 6.45) is 6.45. The van der Waals surface area contributed by atoms with E-state index in [1.165, 1.54) is 11.4 Å². The van der Waals surface area contributed by atoms with Gasteiger partial charge in [-0.3, -0.25) is 4.68 Å². The highest BCUT2D eigenvalue weighted by atomic mass is 15.3. The summed E-state index contributed by atoms with van der Waals surface area (Å²) in [4.78, 5) is 4.66. The number of benzene rings is 1. The summed E-state index contributed by atoms with van der Waals surface area (Å²) in [5.41, 5.74) is 4.72. The van der Waals surface area contributed by atoms with Crippen LogP contribution in [0.4, 0.5) is 22.7 Å². The molecule has 0 aliphatic carbocycles. The zero-order chi connectivity index (χ0) is 18.6. The van der Waals surface area contributed by atoms with E-state index in [0.29, 0.717) is 6.04 Å². The average Bonchev–Trinajstić information content (AvgIpc) is 3.24. The molecule has 0 bridgehead atoms. The second-order valence-corrected chi connectivity index (χ2v) is 7.41. The molecule has 3 N–H and O–H groups in total. The lowest BCUT2D eigenvalue weighted by Crippen LogP contribution is -2.43. The maximum Gasteiger partial charge on any atom is 0.0794 e. The zero-order valence-electron chi connectivity index (χ0n) is 16.4. The van der Waals surface area contributed by atoms with Crippen LogP contribution < -0.4 is 25.8 Å². The minimum Gasteiger partial charge on any atom is -0.386 e. The number of hydrogen-bond acceptors (Lipinski definition) is 6. The zero-order valence-corrected chi connectivity index (χ0v) is 16.4. The molecule has 0 unspecified atom stereocenters. The van der Waals surface area contributed by atoms with Crippen molar-refractivity contribution < 1.29 is 0 Å². The highest BCUT2D eigenvalue weighted by Crippen LogP contribution is 2.34. The molecule has 7 heteroatoms. The molecule has 146 valence electrons. The van der Waals surface area contributed by atoms with Crippen molar-refractivity contribution in [2.24, 2.45) is 0 Å². The topological polar surface area (TPSA) is 60.4 Å². The van der Waals surface area contributed by atoms with Crippen molar-refractivity contribution in [1.29, 1.82) is 0 Å². The predicted octanol–water partition coefficient (Wildman–Crippen LogP) is 2.03. The van der Waals surface area contributed by atoms with Gasteiger partial charge in [0.15, 0.2) is 0 Å². The van der Waals surface area contributed by atoms with Gasteiger partial charge in [0.1, 0.15) is 0 Å². The van der Waals surface area contributed by atoms with Gasteiger partial charge in [-0.2, -0.15) is 5.10 Å². The number of nitrogens with zero attached hydrogens (tertiary/aromatic N) is 4. The van der Waals surface area contributed by atoms with E-state index in [4.69, 9.17) is 0 Å². The first-order chi connectivity index (χ1) is 13.3. The van der Waals surface area contributed by atoms with Crippen LogP contribution in [-0.2, 0) is 0 Å². The van der Waals surface area contributed by atoms with Crippen molar-refractivity contribution in [3.8, 4) is 0 Å². The third-order valence-electron chi connectivity index (χ3n) is 5.75. The summed E-state index contributed by atoms with van der Waals surface area (Å²) < 4.78 is 2.14. The number of hydrogen-bond donors (Lipinski definition) is 3. The van der Waals surface area contributed by atoms with Crippen LogP contribution in [0.2, 0.25) is 0 Å². The van der Waals surface area contributed by atoms with E-state index in [1.807, 2.05) is 13.2 Å². The van der Waals surface area contributed by atoms with Gasteiger partial charge in [-0.1, -0.05) is 0 Å². The first-order valence-corrected chi connectivity index (χ1v) is 10.0. The molecule has 3 heterocycles. The number of aromatic nitrogens is 2. The van der Waals surface area contributed by atoms with Gasteiger partial charge in [-0.05, 0) is 44.1 Å². The summed E-state index contributed by atoms with van der Waals surface area (Å²) in [6.45, 7) is 6.36. The van der Waals surface area contributed by atoms with E-state index in [1.54, 1.807) is 0 Å². The van der Waals surface area contributed by atoms with Gasteiger partial charge in [-0.25, -0.2) is 0 Å². The van der Waals surface area contributed by atoms with Crippen LogP contribution >= 0.6 is 0 Å². The predicted molar refractivity (Wildman–Crippen MR) is 113 cm³/mol. The molecule has 0 atom stereocenters. The first-order valence-electron chi connectivity index (χ1n) is 10.0.